The lowest BCUT2D eigenvalue weighted by molar-refractivity contribution is 0.360. The monoisotopic (exact) mass is 255 g/mol. The fourth-order valence-electron chi connectivity index (χ4n) is 1.05. The minimum absolute atomic E-state index is 0.0331. The molecule has 0 aliphatic carbocycles. The van der Waals surface area contributed by atoms with Crippen molar-refractivity contribution in [1.29, 1.82) is 0 Å². The van der Waals surface area contributed by atoms with Crippen molar-refractivity contribution in [3.63, 3.8) is 0 Å². The quantitative estimate of drug-likeness (QED) is 0.898. The predicted octanol–water partition coefficient (Wildman–Crippen LogP) is 2.99. The first-order chi connectivity index (χ1) is 6.59. The molecular formula is C11H14BrNO. The second kappa shape index (κ2) is 5.17. The molecular weight excluding hydrogens is 242 g/mol. The van der Waals surface area contributed by atoms with Gasteiger partial charge in [-0.15, -0.1) is 0 Å². The molecule has 0 fully saturated rings. The third-order valence-corrected chi connectivity index (χ3v) is 2.01. The van der Waals surface area contributed by atoms with Crippen molar-refractivity contribution in [2.75, 3.05) is 6.61 Å². The average molecular weight is 256 g/mol. The van der Waals surface area contributed by atoms with E-state index in [1.807, 2.05) is 31.2 Å². The van der Waals surface area contributed by atoms with Crippen LogP contribution in [0, 0.1) is 0 Å². The Hall–Kier alpha value is -0.800. The third-order valence-electron chi connectivity index (χ3n) is 1.78. The summed E-state index contributed by atoms with van der Waals surface area (Å²) in [6, 6.07) is 7.80. The van der Waals surface area contributed by atoms with Gasteiger partial charge in [0.05, 0.1) is 0 Å². The van der Waals surface area contributed by atoms with Crippen LogP contribution in [0.5, 0.6) is 5.75 Å². The van der Waals surface area contributed by atoms with Crippen molar-refractivity contribution in [2.24, 2.45) is 5.73 Å². The molecule has 0 aliphatic rings. The minimum atomic E-state index is 0.0331. The summed E-state index contributed by atoms with van der Waals surface area (Å²) in [5, 5.41) is 0. The molecule has 0 radical (unpaired) electrons. The molecule has 3 heteroatoms. The standard InChI is InChI=1S/C11H14BrNO/c1-8(12)7-14-11-5-3-4-10(6-11)9(2)13/h3-6,9H,1,7,13H2,2H3. The summed E-state index contributed by atoms with van der Waals surface area (Å²) in [5.41, 5.74) is 6.83. The zero-order valence-corrected chi connectivity index (χ0v) is 9.75. The lowest BCUT2D eigenvalue weighted by Crippen LogP contribution is -2.05. The summed E-state index contributed by atoms with van der Waals surface area (Å²) in [7, 11) is 0. The van der Waals surface area contributed by atoms with E-state index in [9.17, 15) is 0 Å². The summed E-state index contributed by atoms with van der Waals surface area (Å²) in [5.74, 6) is 0.820. The number of rotatable bonds is 4. The largest absolute Gasteiger partial charge is 0.488 e. The molecule has 76 valence electrons. The van der Waals surface area contributed by atoms with Gasteiger partial charge in [-0.25, -0.2) is 0 Å². The first kappa shape index (κ1) is 11.3. The fourth-order valence-corrected chi connectivity index (χ4v) is 1.16. The molecule has 1 unspecified atom stereocenters. The molecule has 2 nitrogen and oxygen atoms in total. The first-order valence-corrected chi connectivity index (χ1v) is 5.20. The van der Waals surface area contributed by atoms with Gasteiger partial charge in [-0.2, -0.15) is 0 Å². The second-order valence-corrected chi connectivity index (χ2v) is 4.29. The zero-order chi connectivity index (χ0) is 10.6. The Labute approximate surface area is 92.9 Å². The Bertz CT molecular complexity index is 323. The first-order valence-electron chi connectivity index (χ1n) is 4.41. The predicted molar refractivity (Wildman–Crippen MR) is 62.6 cm³/mol. The van der Waals surface area contributed by atoms with Crippen molar-refractivity contribution < 1.29 is 4.74 Å². The molecule has 14 heavy (non-hydrogen) atoms. The second-order valence-electron chi connectivity index (χ2n) is 3.17. The van der Waals surface area contributed by atoms with E-state index in [0.29, 0.717) is 6.61 Å². The molecule has 0 bridgehead atoms. The van der Waals surface area contributed by atoms with Gasteiger partial charge in [-0.1, -0.05) is 34.6 Å². The van der Waals surface area contributed by atoms with Crippen molar-refractivity contribution in [3.05, 3.63) is 40.9 Å². The van der Waals surface area contributed by atoms with Crippen LogP contribution >= 0.6 is 15.9 Å². The van der Waals surface area contributed by atoms with E-state index >= 15 is 0 Å². The zero-order valence-electron chi connectivity index (χ0n) is 8.16. The maximum atomic E-state index is 5.76. The van der Waals surface area contributed by atoms with Crippen LogP contribution in [0.15, 0.2) is 35.3 Å². The van der Waals surface area contributed by atoms with Gasteiger partial charge >= 0.3 is 0 Å². The van der Waals surface area contributed by atoms with Gasteiger partial charge < -0.3 is 10.5 Å². The van der Waals surface area contributed by atoms with Crippen molar-refractivity contribution in [2.45, 2.75) is 13.0 Å². The van der Waals surface area contributed by atoms with Crippen LogP contribution in [0.2, 0.25) is 0 Å². The summed E-state index contributed by atoms with van der Waals surface area (Å²) in [6.07, 6.45) is 0. The molecule has 0 spiro atoms. The third kappa shape index (κ3) is 3.52. The fraction of sp³-hybridized carbons (Fsp3) is 0.273. The maximum Gasteiger partial charge on any atom is 0.120 e. The van der Waals surface area contributed by atoms with Crippen LogP contribution in [-0.2, 0) is 0 Å². The molecule has 0 heterocycles. The molecule has 0 saturated heterocycles. The Morgan fingerprint density at radius 1 is 1.64 bits per heavy atom. The number of hydrogen-bond acceptors (Lipinski definition) is 2. The lowest BCUT2D eigenvalue weighted by atomic mass is 10.1. The highest BCUT2D eigenvalue weighted by molar-refractivity contribution is 9.11. The highest BCUT2D eigenvalue weighted by atomic mass is 79.9. The summed E-state index contributed by atoms with van der Waals surface area (Å²) in [4.78, 5) is 0. The van der Waals surface area contributed by atoms with Gasteiger partial charge in [0.2, 0.25) is 0 Å². The molecule has 0 saturated carbocycles. The van der Waals surface area contributed by atoms with Crippen LogP contribution < -0.4 is 10.5 Å². The molecule has 2 N–H and O–H groups in total. The molecule has 1 atom stereocenters. The van der Waals surface area contributed by atoms with Crippen LogP contribution in [-0.4, -0.2) is 6.61 Å². The number of nitrogens with two attached hydrogens (primary N) is 1. The van der Waals surface area contributed by atoms with Crippen LogP contribution in [0.3, 0.4) is 0 Å². The summed E-state index contributed by atoms with van der Waals surface area (Å²) in [6.45, 7) is 6.12. The molecule has 1 aromatic carbocycles. The maximum absolute atomic E-state index is 5.76. The van der Waals surface area contributed by atoms with Crippen LogP contribution in [0.4, 0.5) is 0 Å². The van der Waals surface area contributed by atoms with Gasteiger partial charge in [-0.05, 0) is 24.6 Å². The molecule has 0 aromatic heterocycles. The van der Waals surface area contributed by atoms with E-state index in [1.165, 1.54) is 0 Å². The topological polar surface area (TPSA) is 35.2 Å². The van der Waals surface area contributed by atoms with Crippen molar-refractivity contribution in [1.82, 2.24) is 0 Å². The van der Waals surface area contributed by atoms with E-state index in [4.69, 9.17) is 10.5 Å². The van der Waals surface area contributed by atoms with Crippen molar-refractivity contribution >= 4 is 15.9 Å². The van der Waals surface area contributed by atoms with Gasteiger partial charge in [0.15, 0.2) is 0 Å². The van der Waals surface area contributed by atoms with E-state index in [0.717, 1.165) is 15.8 Å². The van der Waals surface area contributed by atoms with Crippen LogP contribution in [0.1, 0.15) is 18.5 Å². The highest BCUT2D eigenvalue weighted by Gasteiger charge is 2.00. The number of benzene rings is 1. The molecule has 0 aliphatic heterocycles. The van der Waals surface area contributed by atoms with Crippen molar-refractivity contribution in [3.8, 4) is 5.75 Å². The number of ether oxygens (including phenoxy) is 1. The Morgan fingerprint density at radius 2 is 2.36 bits per heavy atom. The minimum Gasteiger partial charge on any atom is -0.488 e. The lowest BCUT2D eigenvalue weighted by Gasteiger charge is -2.09. The highest BCUT2D eigenvalue weighted by Crippen LogP contribution is 2.18. The van der Waals surface area contributed by atoms with E-state index in [2.05, 4.69) is 22.5 Å². The molecule has 1 aromatic rings. The Kier molecular flexibility index (Phi) is 4.17. The average Bonchev–Trinajstić information content (AvgIpc) is 2.15. The van der Waals surface area contributed by atoms with Gasteiger partial charge in [0.25, 0.3) is 0 Å². The Balaban J connectivity index is 2.68. The van der Waals surface area contributed by atoms with E-state index < -0.39 is 0 Å². The molecule has 1 rings (SSSR count). The van der Waals surface area contributed by atoms with Crippen LogP contribution in [0.25, 0.3) is 0 Å². The number of halogens is 1. The van der Waals surface area contributed by atoms with Gasteiger partial charge in [-0.3, -0.25) is 0 Å². The molecule has 0 amide bonds. The van der Waals surface area contributed by atoms with E-state index in [1.54, 1.807) is 0 Å². The van der Waals surface area contributed by atoms with E-state index in [-0.39, 0.29) is 6.04 Å². The number of hydrogen-bond donors (Lipinski definition) is 1. The summed E-state index contributed by atoms with van der Waals surface area (Å²) >= 11 is 3.24. The Morgan fingerprint density at radius 3 is 2.93 bits per heavy atom. The SMILES string of the molecule is C=C(Br)COc1cccc(C(C)N)c1. The van der Waals surface area contributed by atoms with Gasteiger partial charge in [0.1, 0.15) is 12.4 Å². The summed E-state index contributed by atoms with van der Waals surface area (Å²) < 4.78 is 6.28. The smallest absolute Gasteiger partial charge is 0.120 e. The van der Waals surface area contributed by atoms with Gasteiger partial charge in [0, 0.05) is 10.5 Å². The normalized spacial score (nSPS) is 12.2.